The van der Waals surface area contributed by atoms with Gasteiger partial charge >= 0.3 is 5.97 Å². The van der Waals surface area contributed by atoms with Crippen molar-refractivity contribution in [2.75, 3.05) is 36.5 Å². The van der Waals surface area contributed by atoms with Crippen LogP contribution in [0.1, 0.15) is 25.3 Å². The number of hydrogen-bond acceptors (Lipinski definition) is 6. The predicted octanol–water partition coefficient (Wildman–Crippen LogP) is 3.36. The number of nitriles is 1. The second-order valence-electron chi connectivity index (χ2n) is 7.35. The zero-order valence-corrected chi connectivity index (χ0v) is 17.0. The molecule has 0 bridgehead atoms. The first-order valence-electron chi connectivity index (χ1n) is 9.97. The maximum absolute atomic E-state index is 12.0. The molecule has 7 nitrogen and oxygen atoms in total. The van der Waals surface area contributed by atoms with Gasteiger partial charge in [-0.1, -0.05) is 6.92 Å². The van der Waals surface area contributed by atoms with Gasteiger partial charge < -0.3 is 19.7 Å². The summed E-state index contributed by atoms with van der Waals surface area (Å²) in [6.07, 6.45) is 2.39. The minimum Gasteiger partial charge on any atom is -0.482 e. The van der Waals surface area contributed by atoms with Gasteiger partial charge in [0.05, 0.1) is 11.6 Å². The summed E-state index contributed by atoms with van der Waals surface area (Å²) in [6, 6.07) is 16.0. The van der Waals surface area contributed by atoms with Crippen molar-refractivity contribution in [2.24, 2.45) is 5.92 Å². The summed E-state index contributed by atoms with van der Waals surface area (Å²) in [5.41, 5.74) is 2.30. The largest absolute Gasteiger partial charge is 0.482 e. The van der Waals surface area contributed by atoms with Crippen LogP contribution in [0.4, 0.5) is 11.4 Å². The lowest BCUT2D eigenvalue weighted by atomic mass is 9.99. The van der Waals surface area contributed by atoms with Gasteiger partial charge in [0.25, 0.3) is 5.91 Å². The van der Waals surface area contributed by atoms with Crippen LogP contribution in [0.15, 0.2) is 48.5 Å². The zero-order chi connectivity index (χ0) is 21.3. The van der Waals surface area contributed by atoms with Gasteiger partial charge in [-0.3, -0.25) is 4.79 Å². The maximum Gasteiger partial charge on any atom is 0.344 e. The van der Waals surface area contributed by atoms with Crippen molar-refractivity contribution in [2.45, 2.75) is 19.8 Å². The first-order valence-corrected chi connectivity index (χ1v) is 9.97. The molecule has 1 aliphatic rings. The van der Waals surface area contributed by atoms with Crippen molar-refractivity contribution in [3.05, 3.63) is 54.1 Å². The second kappa shape index (κ2) is 10.3. The van der Waals surface area contributed by atoms with Crippen molar-refractivity contribution < 1.29 is 19.1 Å². The smallest absolute Gasteiger partial charge is 0.344 e. The van der Waals surface area contributed by atoms with Crippen LogP contribution in [-0.4, -0.2) is 38.2 Å². The number of carbonyl (C=O) groups excluding carboxylic acids is 2. The average Bonchev–Trinajstić information content (AvgIpc) is 2.78. The molecule has 2 aromatic rings. The van der Waals surface area contributed by atoms with Gasteiger partial charge in [0.15, 0.2) is 13.2 Å². The van der Waals surface area contributed by atoms with E-state index in [4.69, 9.17) is 14.7 Å². The van der Waals surface area contributed by atoms with E-state index in [9.17, 15) is 9.59 Å². The third kappa shape index (κ3) is 6.24. The monoisotopic (exact) mass is 407 g/mol. The lowest BCUT2D eigenvalue weighted by molar-refractivity contribution is -0.149. The van der Waals surface area contributed by atoms with Crippen LogP contribution >= 0.6 is 0 Å². The molecule has 1 aliphatic heterocycles. The van der Waals surface area contributed by atoms with Crippen LogP contribution in [-0.2, 0) is 14.3 Å². The molecule has 1 fully saturated rings. The topological polar surface area (TPSA) is 91.7 Å². The fourth-order valence-electron chi connectivity index (χ4n) is 3.18. The molecule has 0 radical (unpaired) electrons. The summed E-state index contributed by atoms with van der Waals surface area (Å²) in [5, 5.41) is 11.5. The van der Waals surface area contributed by atoms with Crippen LogP contribution < -0.4 is 15.0 Å². The number of nitrogens with zero attached hydrogens (tertiary/aromatic N) is 2. The molecule has 0 unspecified atom stereocenters. The predicted molar refractivity (Wildman–Crippen MR) is 113 cm³/mol. The van der Waals surface area contributed by atoms with Crippen LogP contribution in [0.3, 0.4) is 0 Å². The number of nitrogens with one attached hydrogen (secondary N) is 1. The molecule has 156 valence electrons. The molecular weight excluding hydrogens is 382 g/mol. The van der Waals surface area contributed by atoms with E-state index in [1.165, 1.54) is 12.8 Å². The molecule has 30 heavy (non-hydrogen) atoms. The van der Waals surface area contributed by atoms with E-state index in [0.29, 0.717) is 17.0 Å². The normalized spacial score (nSPS) is 13.9. The Bertz CT molecular complexity index is 896. The Morgan fingerprint density at radius 2 is 1.73 bits per heavy atom. The summed E-state index contributed by atoms with van der Waals surface area (Å²) in [4.78, 5) is 26.1. The minimum absolute atomic E-state index is 0.317. The molecule has 1 N–H and O–H groups in total. The fourth-order valence-corrected chi connectivity index (χ4v) is 3.18. The Labute approximate surface area is 176 Å². The summed E-state index contributed by atoms with van der Waals surface area (Å²) >= 11 is 0. The number of ether oxygens (including phenoxy) is 2. The molecule has 7 heteroatoms. The molecular formula is C23H25N3O4. The molecule has 1 amide bonds. The number of anilines is 2. The Morgan fingerprint density at radius 1 is 1.07 bits per heavy atom. The number of carbonyl (C=O) groups is 2. The highest BCUT2D eigenvalue weighted by Gasteiger charge is 2.16. The molecule has 0 atom stereocenters. The lowest BCUT2D eigenvalue weighted by Gasteiger charge is -2.32. The molecule has 2 aromatic carbocycles. The van der Waals surface area contributed by atoms with E-state index in [2.05, 4.69) is 17.1 Å². The minimum atomic E-state index is -0.649. The molecule has 0 aromatic heterocycles. The molecule has 0 saturated carbocycles. The highest BCUT2D eigenvalue weighted by atomic mass is 16.6. The van der Waals surface area contributed by atoms with Gasteiger partial charge in [-0.2, -0.15) is 5.26 Å². The number of amides is 1. The first-order chi connectivity index (χ1) is 14.5. The van der Waals surface area contributed by atoms with Crippen LogP contribution in [0, 0.1) is 17.2 Å². The molecule has 0 spiro atoms. The van der Waals surface area contributed by atoms with E-state index in [1.54, 1.807) is 24.3 Å². The van der Waals surface area contributed by atoms with E-state index in [0.717, 1.165) is 24.7 Å². The Morgan fingerprint density at radius 3 is 2.37 bits per heavy atom. The highest BCUT2D eigenvalue weighted by Crippen LogP contribution is 2.24. The van der Waals surface area contributed by atoms with Crippen molar-refractivity contribution in [1.82, 2.24) is 0 Å². The zero-order valence-electron chi connectivity index (χ0n) is 17.0. The second-order valence-corrected chi connectivity index (χ2v) is 7.35. The van der Waals surface area contributed by atoms with Gasteiger partial charge in [-0.15, -0.1) is 0 Å². The quantitative estimate of drug-likeness (QED) is 0.708. The fraction of sp³-hybridized carbons (Fsp3) is 0.348. The van der Waals surface area contributed by atoms with Gasteiger partial charge in [-0.25, -0.2) is 4.79 Å². The van der Waals surface area contributed by atoms with E-state index in [1.807, 2.05) is 30.3 Å². The standard InChI is InChI=1S/C23H25N3O4/c1-17-10-12-26(13-11-17)20-6-4-19(5-7-20)25-22(27)15-30-23(28)16-29-21-8-2-18(14-24)3-9-21/h2-9,17H,10-13,15-16H2,1H3,(H,25,27). The van der Waals surface area contributed by atoms with E-state index < -0.39 is 11.9 Å². The summed E-state index contributed by atoms with van der Waals surface area (Å²) in [5.74, 6) is 0.154. The summed E-state index contributed by atoms with van der Waals surface area (Å²) < 4.78 is 10.2. The molecule has 0 aliphatic carbocycles. The molecule has 1 heterocycles. The first kappa shape index (κ1) is 21.2. The number of esters is 1. The summed E-state index contributed by atoms with van der Waals surface area (Å²) in [6.45, 7) is 3.67. The number of benzene rings is 2. The number of rotatable bonds is 7. The number of piperidine rings is 1. The SMILES string of the molecule is CC1CCN(c2ccc(NC(=O)COC(=O)COc3ccc(C#N)cc3)cc2)CC1. The maximum atomic E-state index is 12.0. The third-order valence-electron chi connectivity index (χ3n) is 5.00. The molecule has 1 saturated heterocycles. The van der Waals surface area contributed by atoms with Crippen LogP contribution in [0.5, 0.6) is 5.75 Å². The summed E-state index contributed by atoms with van der Waals surface area (Å²) in [7, 11) is 0. The van der Waals surface area contributed by atoms with Crippen molar-refractivity contribution in [3.8, 4) is 11.8 Å². The van der Waals surface area contributed by atoms with Crippen LogP contribution in [0.25, 0.3) is 0 Å². The van der Waals surface area contributed by atoms with Crippen LogP contribution in [0.2, 0.25) is 0 Å². The average molecular weight is 407 g/mol. The Kier molecular flexibility index (Phi) is 7.28. The Balaban J connectivity index is 1.38. The molecule has 3 rings (SSSR count). The van der Waals surface area contributed by atoms with Gasteiger partial charge in [0, 0.05) is 24.5 Å². The highest BCUT2D eigenvalue weighted by molar-refractivity contribution is 5.93. The van der Waals surface area contributed by atoms with Gasteiger partial charge in [0.2, 0.25) is 0 Å². The number of hydrogen-bond donors (Lipinski definition) is 1. The van der Waals surface area contributed by atoms with Gasteiger partial charge in [0.1, 0.15) is 5.75 Å². The van der Waals surface area contributed by atoms with Crippen molar-refractivity contribution in [1.29, 1.82) is 5.26 Å². The third-order valence-corrected chi connectivity index (χ3v) is 5.00. The van der Waals surface area contributed by atoms with Crippen molar-refractivity contribution >= 4 is 23.3 Å². The van der Waals surface area contributed by atoms with E-state index in [-0.39, 0.29) is 13.2 Å². The van der Waals surface area contributed by atoms with E-state index >= 15 is 0 Å². The van der Waals surface area contributed by atoms with Gasteiger partial charge in [-0.05, 0) is 67.3 Å². The van der Waals surface area contributed by atoms with Crippen molar-refractivity contribution in [3.63, 3.8) is 0 Å². The Hall–Kier alpha value is -3.53. The lowest BCUT2D eigenvalue weighted by Crippen LogP contribution is -2.32.